The van der Waals surface area contributed by atoms with Gasteiger partial charge in [0, 0.05) is 18.7 Å². The van der Waals surface area contributed by atoms with Crippen LogP contribution in [0.2, 0.25) is 0 Å². The molecule has 0 aliphatic rings. The fraction of sp³-hybridized carbons (Fsp3) is 0.308. The number of amides is 1. The highest BCUT2D eigenvalue weighted by Gasteiger charge is 2.02. The highest BCUT2D eigenvalue weighted by molar-refractivity contribution is 5.75. The summed E-state index contributed by atoms with van der Waals surface area (Å²) in [4.78, 5) is 15.4. The van der Waals surface area contributed by atoms with E-state index >= 15 is 0 Å². The van der Waals surface area contributed by atoms with Crippen LogP contribution in [0, 0.1) is 0 Å². The summed E-state index contributed by atoms with van der Waals surface area (Å²) in [6, 6.07) is 7.66. The number of carbonyl (C=O) groups is 1. The Morgan fingerprint density at radius 1 is 1.32 bits per heavy atom. The van der Waals surface area contributed by atoms with E-state index < -0.39 is 0 Å². The van der Waals surface area contributed by atoms with E-state index in [9.17, 15) is 4.79 Å². The van der Waals surface area contributed by atoms with Gasteiger partial charge in [0.25, 0.3) is 0 Å². The number of nitrogen functional groups attached to an aromatic ring is 1. The molecule has 0 saturated carbocycles. The van der Waals surface area contributed by atoms with Crippen molar-refractivity contribution in [3.05, 3.63) is 42.5 Å². The number of carbonyl (C=O) groups excluding carboxylic acids is 1. The second-order valence-electron chi connectivity index (χ2n) is 4.25. The lowest BCUT2D eigenvalue weighted by Crippen LogP contribution is -2.26. The highest BCUT2D eigenvalue weighted by atomic mass is 16.1. The average molecular weight is 259 g/mol. The minimum Gasteiger partial charge on any atom is -0.399 e. The van der Waals surface area contributed by atoms with Gasteiger partial charge in [-0.25, -0.2) is 4.98 Å². The Balaban J connectivity index is 1.65. The van der Waals surface area contributed by atoms with Gasteiger partial charge in [-0.15, -0.1) is 0 Å². The number of nitrogens with zero attached hydrogens (tertiary/aromatic N) is 3. The number of hydrogen-bond donors (Lipinski definition) is 2. The van der Waals surface area contributed by atoms with Gasteiger partial charge in [-0.3, -0.25) is 9.48 Å². The zero-order valence-corrected chi connectivity index (χ0v) is 10.6. The topological polar surface area (TPSA) is 85.8 Å². The van der Waals surface area contributed by atoms with Crippen molar-refractivity contribution in [3.8, 4) is 0 Å². The second kappa shape index (κ2) is 6.53. The van der Waals surface area contributed by atoms with Crippen LogP contribution in [0.1, 0.15) is 12.0 Å². The smallest absolute Gasteiger partial charge is 0.221 e. The molecule has 0 saturated heterocycles. The second-order valence-corrected chi connectivity index (χ2v) is 4.25. The standard InChI is InChI=1S/C13H17N5O/c14-12-3-1-11(2-4-12)5-7-16-13(19)6-8-18-10-15-9-17-18/h1-4,9-10H,5-8,14H2,(H,16,19). The average Bonchev–Trinajstić information content (AvgIpc) is 2.92. The molecule has 6 heteroatoms. The fourth-order valence-corrected chi connectivity index (χ4v) is 1.68. The molecule has 0 unspecified atom stereocenters. The van der Waals surface area contributed by atoms with Crippen molar-refractivity contribution in [2.24, 2.45) is 0 Å². The van der Waals surface area contributed by atoms with Crippen LogP contribution in [0.5, 0.6) is 0 Å². The molecule has 100 valence electrons. The van der Waals surface area contributed by atoms with Crippen molar-refractivity contribution in [2.75, 3.05) is 12.3 Å². The van der Waals surface area contributed by atoms with Gasteiger partial charge in [-0.05, 0) is 24.1 Å². The molecular weight excluding hydrogens is 242 g/mol. The number of rotatable bonds is 6. The van der Waals surface area contributed by atoms with Crippen LogP contribution >= 0.6 is 0 Å². The molecule has 0 atom stereocenters. The highest BCUT2D eigenvalue weighted by Crippen LogP contribution is 2.05. The summed E-state index contributed by atoms with van der Waals surface area (Å²) in [7, 11) is 0. The maximum Gasteiger partial charge on any atom is 0.221 e. The first-order chi connectivity index (χ1) is 9.24. The molecule has 6 nitrogen and oxygen atoms in total. The minimum absolute atomic E-state index is 0.0194. The van der Waals surface area contributed by atoms with E-state index in [-0.39, 0.29) is 5.91 Å². The first-order valence-electron chi connectivity index (χ1n) is 6.17. The van der Waals surface area contributed by atoms with Crippen LogP contribution in [0.15, 0.2) is 36.9 Å². The van der Waals surface area contributed by atoms with E-state index in [0.717, 1.165) is 17.7 Å². The molecular formula is C13H17N5O. The molecule has 0 spiro atoms. The summed E-state index contributed by atoms with van der Waals surface area (Å²) in [6.07, 6.45) is 4.26. The van der Waals surface area contributed by atoms with Gasteiger partial charge in [-0.1, -0.05) is 12.1 Å². The Bertz CT molecular complexity index is 506. The predicted octanol–water partition coefficient (Wildman–Crippen LogP) is 0.609. The Kier molecular flexibility index (Phi) is 4.49. The van der Waals surface area contributed by atoms with Crippen LogP contribution in [-0.2, 0) is 17.8 Å². The number of aryl methyl sites for hydroxylation is 1. The maximum absolute atomic E-state index is 11.6. The predicted molar refractivity (Wildman–Crippen MR) is 72.2 cm³/mol. The maximum atomic E-state index is 11.6. The van der Waals surface area contributed by atoms with Gasteiger partial charge in [-0.2, -0.15) is 5.10 Å². The first-order valence-corrected chi connectivity index (χ1v) is 6.17. The van der Waals surface area contributed by atoms with Crippen molar-refractivity contribution < 1.29 is 4.79 Å². The van der Waals surface area contributed by atoms with Crippen molar-refractivity contribution in [2.45, 2.75) is 19.4 Å². The van der Waals surface area contributed by atoms with Crippen LogP contribution in [-0.4, -0.2) is 27.2 Å². The van der Waals surface area contributed by atoms with Crippen LogP contribution in [0.25, 0.3) is 0 Å². The number of nitrogens with one attached hydrogen (secondary N) is 1. The van der Waals surface area contributed by atoms with Crippen molar-refractivity contribution in [1.82, 2.24) is 20.1 Å². The molecule has 19 heavy (non-hydrogen) atoms. The quantitative estimate of drug-likeness (QED) is 0.744. The third-order valence-electron chi connectivity index (χ3n) is 2.75. The first kappa shape index (κ1) is 13.1. The summed E-state index contributed by atoms with van der Waals surface area (Å²) in [5.41, 5.74) is 7.52. The number of anilines is 1. The Labute approximate surface area is 111 Å². The van der Waals surface area contributed by atoms with Gasteiger partial charge in [0.1, 0.15) is 12.7 Å². The van der Waals surface area contributed by atoms with Gasteiger partial charge in [0.15, 0.2) is 0 Å². The largest absolute Gasteiger partial charge is 0.399 e. The van der Waals surface area contributed by atoms with E-state index in [1.54, 1.807) is 11.0 Å². The van der Waals surface area contributed by atoms with Crippen LogP contribution in [0.4, 0.5) is 5.69 Å². The minimum atomic E-state index is 0.0194. The van der Waals surface area contributed by atoms with Crippen LogP contribution in [0.3, 0.4) is 0 Å². The lowest BCUT2D eigenvalue weighted by Gasteiger charge is -2.05. The van der Waals surface area contributed by atoms with E-state index in [1.165, 1.54) is 6.33 Å². The number of aromatic nitrogens is 3. The molecule has 0 fully saturated rings. The van der Waals surface area contributed by atoms with Gasteiger partial charge in [0.2, 0.25) is 5.91 Å². The van der Waals surface area contributed by atoms with E-state index in [1.807, 2.05) is 24.3 Å². The summed E-state index contributed by atoms with van der Waals surface area (Å²) in [5.74, 6) is 0.0194. The molecule has 3 N–H and O–H groups in total. The monoisotopic (exact) mass is 259 g/mol. The molecule has 2 rings (SSSR count). The van der Waals surface area contributed by atoms with Crippen molar-refractivity contribution in [3.63, 3.8) is 0 Å². The summed E-state index contributed by atoms with van der Waals surface area (Å²) >= 11 is 0. The molecule has 2 aromatic rings. The zero-order valence-electron chi connectivity index (χ0n) is 10.6. The fourth-order valence-electron chi connectivity index (χ4n) is 1.68. The van der Waals surface area contributed by atoms with Gasteiger partial charge >= 0.3 is 0 Å². The molecule has 0 radical (unpaired) electrons. The molecule has 0 bridgehead atoms. The van der Waals surface area contributed by atoms with E-state index in [0.29, 0.717) is 19.5 Å². The third-order valence-corrected chi connectivity index (χ3v) is 2.75. The van der Waals surface area contributed by atoms with E-state index in [4.69, 9.17) is 5.73 Å². The third kappa shape index (κ3) is 4.42. The summed E-state index contributed by atoms with van der Waals surface area (Å²) < 4.78 is 1.64. The molecule has 0 aliphatic carbocycles. The number of nitrogens with two attached hydrogens (primary N) is 1. The lowest BCUT2D eigenvalue weighted by atomic mass is 10.1. The van der Waals surface area contributed by atoms with Crippen molar-refractivity contribution in [1.29, 1.82) is 0 Å². The normalized spacial score (nSPS) is 10.3. The Hall–Kier alpha value is -2.37. The van der Waals surface area contributed by atoms with Gasteiger partial charge < -0.3 is 11.1 Å². The molecule has 1 aromatic heterocycles. The summed E-state index contributed by atoms with van der Waals surface area (Å²) in [5, 5.41) is 6.81. The lowest BCUT2D eigenvalue weighted by molar-refractivity contribution is -0.121. The van der Waals surface area contributed by atoms with Crippen LogP contribution < -0.4 is 11.1 Å². The summed E-state index contributed by atoms with van der Waals surface area (Å²) in [6.45, 7) is 1.17. The molecule has 0 aliphatic heterocycles. The zero-order chi connectivity index (χ0) is 13.5. The SMILES string of the molecule is Nc1ccc(CCNC(=O)CCn2cncn2)cc1. The van der Waals surface area contributed by atoms with Gasteiger partial charge in [0.05, 0.1) is 6.54 Å². The van der Waals surface area contributed by atoms with E-state index in [2.05, 4.69) is 15.4 Å². The van der Waals surface area contributed by atoms with Crippen molar-refractivity contribution >= 4 is 11.6 Å². The molecule has 1 aromatic carbocycles. The Morgan fingerprint density at radius 3 is 2.79 bits per heavy atom. The molecule has 1 heterocycles. The number of hydrogen-bond acceptors (Lipinski definition) is 4. The number of benzene rings is 1. The molecule has 1 amide bonds. The Morgan fingerprint density at radius 2 is 2.11 bits per heavy atom.